The van der Waals surface area contributed by atoms with E-state index in [0.29, 0.717) is 19.6 Å². The Morgan fingerprint density at radius 3 is 2.66 bits per heavy atom. The number of carbonyl (C=O) groups is 1. The average molecular weight is 446 g/mol. The van der Waals surface area contributed by atoms with Crippen molar-refractivity contribution in [1.29, 1.82) is 0 Å². The lowest BCUT2D eigenvalue weighted by molar-refractivity contribution is 0.0654. The molecular formula is C25H33F2N3O2. The van der Waals surface area contributed by atoms with Crippen molar-refractivity contribution in [2.24, 2.45) is 5.92 Å². The number of rotatable bonds is 9. The Morgan fingerprint density at radius 1 is 1.12 bits per heavy atom. The van der Waals surface area contributed by atoms with Crippen molar-refractivity contribution in [3.05, 3.63) is 65.2 Å². The van der Waals surface area contributed by atoms with E-state index in [-0.39, 0.29) is 11.5 Å². The number of likely N-dealkylation sites (N-methyl/N-ethyl adjacent to an activating group) is 1. The van der Waals surface area contributed by atoms with Gasteiger partial charge in [-0.1, -0.05) is 24.3 Å². The molecule has 32 heavy (non-hydrogen) atoms. The van der Waals surface area contributed by atoms with Crippen LogP contribution in [0.4, 0.5) is 8.78 Å². The van der Waals surface area contributed by atoms with Gasteiger partial charge in [0.2, 0.25) is 0 Å². The molecule has 3 rings (SSSR count). The lowest BCUT2D eigenvalue weighted by Crippen LogP contribution is -2.44. The molecule has 1 heterocycles. The van der Waals surface area contributed by atoms with Gasteiger partial charge in [0, 0.05) is 38.3 Å². The van der Waals surface area contributed by atoms with Crippen molar-refractivity contribution in [1.82, 2.24) is 14.7 Å². The first kappa shape index (κ1) is 24.1. The maximum absolute atomic E-state index is 14.3. The number of amides is 1. The summed E-state index contributed by atoms with van der Waals surface area (Å²) in [6.45, 7) is 4.25. The van der Waals surface area contributed by atoms with E-state index in [0.717, 1.165) is 49.9 Å². The number of para-hydroxylation sites is 1. The summed E-state index contributed by atoms with van der Waals surface area (Å²) in [5.74, 6) is -1.39. The number of hydrogen-bond donors (Lipinski definition) is 0. The van der Waals surface area contributed by atoms with Gasteiger partial charge in [-0.25, -0.2) is 8.78 Å². The molecule has 0 N–H and O–H groups in total. The molecule has 174 valence electrons. The van der Waals surface area contributed by atoms with Gasteiger partial charge in [-0.05, 0) is 57.6 Å². The minimum absolute atomic E-state index is 0.203. The number of piperidine rings is 1. The summed E-state index contributed by atoms with van der Waals surface area (Å²) in [4.78, 5) is 19.2. The fraction of sp³-hybridized carbons (Fsp3) is 0.480. The Bertz CT molecular complexity index is 907. The lowest BCUT2D eigenvalue weighted by Gasteiger charge is -2.36. The molecule has 1 amide bonds. The second kappa shape index (κ2) is 11.4. The molecule has 1 unspecified atom stereocenters. The SMILES string of the molecule is COc1ccccc1CN1CCCC(CN(CCN(C)C)C(=O)c2cccc(F)c2F)C1. The first-order chi connectivity index (χ1) is 15.4. The van der Waals surface area contributed by atoms with Crippen LogP contribution >= 0.6 is 0 Å². The Morgan fingerprint density at radius 2 is 1.91 bits per heavy atom. The highest BCUT2D eigenvalue weighted by Gasteiger charge is 2.27. The normalized spacial score (nSPS) is 16.9. The number of methoxy groups -OCH3 is 1. The van der Waals surface area contributed by atoms with Crippen LogP contribution in [0.15, 0.2) is 42.5 Å². The van der Waals surface area contributed by atoms with E-state index in [1.54, 1.807) is 12.0 Å². The third-order valence-electron chi connectivity index (χ3n) is 5.95. The highest BCUT2D eigenvalue weighted by Crippen LogP contribution is 2.24. The van der Waals surface area contributed by atoms with E-state index in [2.05, 4.69) is 11.0 Å². The molecule has 5 nitrogen and oxygen atoms in total. The zero-order valence-electron chi connectivity index (χ0n) is 19.2. The minimum atomic E-state index is -1.08. The average Bonchev–Trinajstić information content (AvgIpc) is 2.78. The molecule has 0 saturated carbocycles. The van der Waals surface area contributed by atoms with Gasteiger partial charge < -0.3 is 14.5 Å². The Balaban J connectivity index is 1.71. The summed E-state index contributed by atoms with van der Waals surface area (Å²) in [6.07, 6.45) is 2.03. The van der Waals surface area contributed by atoms with Crippen LogP contribution in [0.1, 0.15) is 28.8 Å². The molecule has 2 aromatic rings. The summed E-state index contributed by atoms with van der Waals surface area (Å²) < 4.78 is 33.5. The zero-order valence-corrected chi connectivity index (χ0v) is 19.2. The summed E-state index contributed by atoms with van der Waals surface area (Å²) in [7, 11) is 5.54. The number of benzene rings is 2. The number of halogens is 2. The van der Waals surface area contributed by atoms with Crippen LogP contribution in [-0.2, 0) is 6.54 Å². The Hall–Kier alpha value is -2.51. The Kier molecular flexibility index (Phi) is 8.59. The second-order valence-corrected chi connectivity index (χ2v) is 8.71. The van der Waals surface area contributed by atoms with Crippen LogP contribution in [0.2, 0.25) is 0 Å². The predicted molar refractivity (Wildman–Crippen MR) is 122 cm³/mol. The molecule has 7 heteroatoms. The highest BCUT2D eigenvalue weighted by molar-refractivity contribution is 5.94. The van der Waals surface area contributed by atoms with Crippen molar-refractivity contribution in [3.8, 4) is 5.75 Å². The van der Waals surface area contributed by atoms with E-state index in [9.17, 15) is 13.6 Å². The third-order valence-corrected chi connectivity index (χ3v) is 5.95. The molecule has 1 atom stereocenters. The molecule has 0 radical (unpaired) electrons. The fourth-order valence-electron chi connectivity index (χ4n) is 4.27. The molecule has 1 saturated heterocycles. The molecule has 0 bridgehead atoms. The molecule has 1 aliphatic heterocycles. The summed E-state index contributed by atoms with van der Waals surface area (Å²) in [6, 6.07) is 11.8. The van der Waals surface area contributed by atoms with Crippen LogP contribution in [0.3, 0.4) is 0 Å². The first-order valence-electron chi connectivity index (χ1n) is 11.1. The predicted octanol–water partition coefficient (Wildman–Crippen LogP) is 3.89. The fourth-order valence-corrected chi connectivity index (χ4v) is 4.27. The van der Waals surface area contributed by atoms with Gasteiger partial charge >= 0.3 is 0 Å². The number of carbonyl (C=O) groups excluding carboxylic acids is 1. The largest absolute Gasteiger partial charge is 0.496 e. The summed E-state index contributed by atoms with van der Waals surface area (Å²) in [5, 5.41) is 0. The van der Waals surface area contributed by atoms with Crippen LogP contribution in [0, 0.1) is 17.6 Å². The van der Waals surface area contributed by atoms with Crippen molar-refractivity contribution in [3.63, 3.8) is 0 Å². The van der Waals surface area contributed by atoms with Crippen LogP contribution in [-0.4, -0.2) is 74.5 Å². The zero-order chi connectivity index (χ0) is 23.1. The van der Waals surface area contributed by atoms with Crippen LogP contribution < -0.4 is 4.74 Å². The minimum Gasteiger partial charge on any atom is -0.496 e. The van der Waals surface area contributed by atoms with E-state index in [1.165, 1.54) is 12.1 Å². The molecule has 1 fully saturated rings. The van der Waals surface area contributed by atoms with E-state index < -0.39 is 17.5 Å². The standard InChI is InChI=1S/C25H33F2N3O2/c1-28(2)14-15-30(25(31)21-10-6-11-22(26)24(21)27)17-19-8-7-13-29(16-19)18-20-9-4-5-12-23(20)32-3/h4-6,9-12,19H,7-8,13-18H2,1-3H3. The lowest BCUT2D eigenvalue weighted by atomic mass is 9.96. The number of likely N-dealkylation sites (tertiary alicyclic amines) is 1. The molecule has 0 aliphatic carbocycles. The van der Waals surface area contributed by atoms with Gasteiger partial charge in [0.15, 0.2) is 11.6 Å². The van der Waals surface area contributed by atoms with E-state index >= 15 is 0 Å². The van der Waals surface area contributed by atoms with Gasteiger partial charge in [0.05, 0.1) is 12.7 Å². The quantitative estimate of drug-likeness (QED) is 0.587. The maximum atomic E-state index is 14.3. The smallest absolute Gasteiger partial charge is 0.256 e. The van der Waals surface area contributed by atoms with Crippen LogP contribution in [0.5, 0.6) is 5.75 Å². The highest BCUT2D eigenvalue weighted by atomic mass is 19.2. The monoisotopic (exact) mass is 445 g/mol. The van der Waals surface area contributed by atoms with E-state index in [1.807, 2.05) is 37.2 Å². The Labute approximate surface area is 189 Å². The molecule has 0 spiro atoms. The number of hydrogen-bond acceptors (Lipinski definition) is 4. The number of nitrogens with zero attached hydrogens (tertiary/aromatic N) is 3. The van der Waals surface area contributed by atoms with Gasteiger partial charge in [-0.3, -0.25) is 9.69 Å². The first-order valence-corrected chi connectivity index (χ1v) is 11.1. The van der Waals surface area contributed by atoms with Crippen molar-refractivity contribution in [2.45, 2.75) is 19.4 Å². The summed E-state index contributed by atoms with van der Waals surface area (Å²) in [5.41, 5.74) is 0.934. The molecule has 0 aromatic heterocycles. The molecular weight excluding hydrogens is 412 g/mol. The van der Waals surface area contributed by atoms with Gasteiger partial charge in [0.1, 0.15) is 5.75 Å². The van der Waals surface area contributed by atoms with Crippen molar-refractivity contribution < 1.29 is 18.3 Å². The van der Waals surface area contributed by atoms with Crippen molar-refractivity contribution >= 4 is 5.91 Å². The van der Waals surface area contributed by atoms with Gasteiger partial charge in [-0.15, -0.1) is 0 Å². The molecule has 2 aromatic carbocycles. The van der Waals surface area contributed by atoms with Gasteiger partial charge in [0.25, 0.3) is 5.91 Å². The molecule has 1 aliphatic rings. The van der Waals surface area contributed by atoms with E-state index in [4.69, 9.17) is 4.74 Å². The second-order valence-electron chi connectivity index (χ2n) is 8.71. The van der Waals surface area contributed by atoms with Crippen LogP contribution in [0.25, 0.3) is 0 Å². The van der Waals surface area contributed by atoms with Crippen molar-refractivity contribution in [2.75, 3.05) is 53.9 Å². The summed E-state index contributed by atoms with van der Waals surface area (Å²) >= 11 is 0. The van der Waals surface area contributed by atoms with Gasteiger partial charge in [-0.2, -0.15) is 0 Å². The topological polar surface area (TPSA) is 36.0 Å². The third kappa shape index (κ3) is 6.26. The number of ether oxygens (including phenoxy) is 1. The maximum Gasteiger partial charge on any atom is 0.256 e.